The van der Waals surface area contributed by atoms with Crippen LogP contribution in [0.4, 0.5) is 0 Å². The highest BCUT2D eigenvalue weighted by Crippen LogP contribution is 2.19. The molecule has 0 spiro atoms. The molecule has 0 aliphatic carbocycles. The van der Waals surface area contributed by atoms with Crippen molar-refractivity contribution >= 4 is 29.0 Å². The van der Waals surface area contributed by atoms with Crippen molar-refractivity contribution in [1.29, 1.82) is 0 Å². The molecule has 0 bridgehead atoms. The first-order valence-corrected chi connectivity index (χ1v) is 8.85. The maximum atomic E-state index is 12.2. The summed E-state index contributed by atoms with van der Waals surface area (Å²) in [5.74, 6) is -1.01. The lowest BCUT2D eigenvalue weighted by Crippen LogP contribution is -2.41. The van der Waals surface area contributed by atoms with Crippen molar-refractivity contribution in [3.05, 3.63) is 46.2 Å². The molecule has 2 aromatic heterocycles. The Morgan fingerprint density at radius 1 is 1.19 bits per heavy atom. The van der Waals surface area contributed by atoms with Gasteiger partial charge in [0.25, 0.3) is 0 Å². The summed E-state index contributed by atoms with van der Waals surface area (Å²) >= 11 is 1.23. The predicted molar refractivity (Wildman–Crippen MR) is 92.1 cm³/mol. The zero-order chi connectivity index (χ0) is 18.4. The van der Waals surface area contributed by atoms with Gasteiger partial charge in [-0.25, -0.2) is 9.78 Å². The van der Waals surface area contributed by atoms with E-state index in [4.69, 9.17) is 9.47 Å². The Morgan fingerprint density at radius 3 is 2.73 bits per heavy atom. The van der Waals surface area contributed by atoms with Crippen LogP contribution in [0, 0.1) is 0 Å². The molecule has 1 fully saturated rings. The monoisotopic (exact) mass is 375 g/mol. The van der Waals surface area contributed by atoms with Crippen LogP contribution in [-0.2, 0) is 20.7 Å². The van der Waals surface area contributed by atoms with Crippen LogP contribution in [-0.4, -0.2) is 65.4 Å². The molecule has 0 radical (unpaired) electrons. The summed E-state index contributed by atoms with van der Waals surface area (Å²) in [4.78, 5) is 46.8. The van der Waals surface area contributed by atoms with Crippen LogP contribution in [0.3, 0.4) is 0 Å². The lowest BCUT2D eigenvalue weighted by Gasteiger charge is -2.26. The smallest absolute Gasteiger partial charge is 0.358 e. The maximum Gasteiger partial charge on any atom is 0.358 e. The SMILES string of the molecule is O=C(OCC(=O)c1ccc(CC(=O)N2CCOCC2)s1)c1cnccn1. The number of ketones is 1. The molecule has 26 heavy (non-hydrogen) atoms. The molecule has 1 aliphatic heterocycles. The topological polar surface area (TPSA) is 98.7 Å². The minimum absolute atomic E-state index is 0.0169. The second-order valence-corrected chi connectivity index (χ2v) is 6.69. The third-order valence-corrected chi connectivity index (χ3v) is 4.86. The van der Waals surface area contributed by atoms with Gasteiger partial charge >= 0.3 is 5.97 Å². The number of nitrogens with zero attached hydrogens (tertiary/aromatic N) is 3. The van der Waals surface area contributed by atoms with Crippen molar-refractivity contribution in [2.75, 3.05) is 32.9 Å². The summed E-state index contributed by atoms with van der Waals surface area (Å²) in [6.07, 6.45) is 4.33. The number of morpholine rings is 1. The van der Waals surface area contributed by atoms with E-state index in [1.807, 2.05) is 0 Å². The summed E-state index contributed by atoms with van der Waals surface area (Å²) in [6, 6.07) is 3.39. The fourth-order valence-corrected chi connectivity index (χ4v) is 3.30. The third-order valence-electron chi connectivity index (χ3n) is 3.73. The number of carbonyl (C=O) groups is 3. The Hall–Kier alpha value is -2.65. The van der Waals surface area contributed by atoms with Gasteiger partial charge in [0, 0.05) is 30.4 Å². The van der Waals surface area contributed by atoms with Crippen LogP contribution in [0.1, 0.15) is 25.0 Å². The van der Waals surface area contributed by atoms with Gasteiger partial charge in [-0.15, -0.1) is 11.3 Å². The highest BCUT2D eigenvalue weighted by molar-refractivity contribution is 7.14. The van der Waals surface area contributed by atoms with Crippen LogP contribution < -0.4 is 0 Å². The molecule has 3 heterocycles. The number of amides is 1. The van der Waals surface area contributed by atoms with Crippen molar-refractivity contribution in [3.63, 3.8) is 0 Å². The second kappa shape index (κ2) is 8.63. The minimum atomic E-state index is -0.703. The van der Waals surface area contributed by atoms with Gasteiger partial charge in [-0.1, -0.05) is 0 Å². The fourth-order valence-electron chi connectivity index (χ4n) is 2.38. The van der Waals surface area contributed by atoms with E-state index < -0.39 is 5.97 Å². The highest BCUT2D eigenvalue weighted by atomic mass is 32.1. The molecule has 136 valence electrons. The van der Waals surface area contributed by atoms with E-state index in [0.717, 1.165) is 4.88 Å². The third kappa shape index (κ3) is 4.70. The maximum absolute atomic E-state index is 12.2. The minimum Gasteiger partial charge on any atom is -0.452 e. The fraction of sp³-hybridized carbons (Fsp3) is 0.353. The molecule has 3 rings (SSSR count). The summed E-state index contributed by atoms with van der Waals surface area (Å²) in [7, 11) is 0. The number of ether oxygens (including phenoxy) is 2. The van der Waals surface area contributed by atoms with E-state index in [1.54, 1.807) is 17.0 Å². The first-order chi connectivity index (χ1) is 12.6. The average Bonchev–Trinajstić information content (AvgIpc) is 3.15. The van der Waals surface area contributed by atoms with Gasteiger partial charge in [0.1, 0.15) is 0 Å². The summed E-state index contributed by atoms with van der Waals surface area (Å²) < 4.78 is 10.2. The molecule has 1 amide bonds. The van der Waals surface area contributed by atoms with E-state index in [1.165, 1.54) is 29.9 Å². The largest absolute Gasteiger partial charge is 0.452 e. The average molecular weight is 375 g/mol. The number of carbonyl (C=O) groups excluding carboxylic acids is 3. The molecule has 0 unspecified atom stereocenters. The van der Waals surface area contributed by atoms with Crippen LogP contribution in [0.15, 0.2) is 30.7 Å². The number of hydrogen-bond acceptors (Lipinski definition) is 8. The van der Waals surface area contributed by atoms with E-state index in [0.29, 0.717) is 31.2 Å². The van der Waals surface area contributed by atoms with Crippen molar-refractivity contribution in [2.24, 2.45) is 0 Å². The van der Waals surface area contributed by atoms with Crippen molar-refractivity contribution < 1.29 is 23.9 Å². The van der Waals surface area contributed by atoms with Gasteiger partial charge in [-0.2, -0.15) is 0 Å². The first kappa shape index (κ1) is 18.2. The van der Waals surface area contributed by atoms with Gasteiger partial charge in [-0.05, 0) is 12.1 Å². The Morgan fingerprint density at radius 2 is 2.00 bits per heavy atom. The Balaban J connectivity index is 1.51. The zero-order valence-electron chi connectivity index (χ0n) is 13.9. The molecule has 9 heteroatoms. The van der Waals surface area contributed by atoms with Gasteiger partial charge in [0.05, 0.1) is 30.7 Å². The standard InChI is InChI=1S/C17H17N3O5S/c21-14(11-25-17(23)13-10-18-3-4-19-13)15-2-1-12(26-15)9-16(22)20-5-7-24-8-6-20/h1-4,10H,5-9,11H2. The summed E-state index contributed by atoms with van der Waals surface area (Å²) in [5.41, 5.74) is 0.0447. The van der Waals surface area contributed by atoms with Crippen molar-refractivity contribution in [3.8, 4) is 0 Å². The Kier molecular flexibility index (Phi) is 6.03. The molecule has 0 aromatic carbocycles. The van der Waals surface area contributed by atoms with E-state index in [2.05, 4.69) is 9.97 Å². The molecule has 2 aromatic rings. The predicted octanol–water partition coefficient (Wildman–Crippen LogP) is 0.979. The molecular formula is C17H17N3O5S. The highest BCUT2D eigenvalue weighted by Gasteiger charge is 2.19. The van der Waals surface area contributed by atoms with Gasteiger partial charge in [0.15, 0.2) is 12.3 Å². The summed E-state index contributed by atoms with van der Waals surface area (Å²) in [6.45, 7) is 1.91. The molecule has 0 N–H and O–H groups in total. The quantitative estimate of drug-likeness (QED) is 0.548. The lowest BCUT2D eigenvalue weighted by molar-refractivity contribution is -0.134. The zero-order valence-corrected chi connectivity index (χ0v) is 14.7. The van der Waals surface area contributed by atoms with Crippen LogP contribution in [0.5, 0.6) is 0 Å². The Labute approximate surface area is 153 Å². The number of rotatable bonds is 6. The molecule has 1 saturated heterocycles. The molecule has 0 saturated carbocycles. The molecule has 0 atom stereocenters. The number of Topliss-reactive ketones (excluding diaryl/α,β-unsaturated/α-hetero) is 1. The molecule has 1 aliphatic rings. The summed E-state index contributed by atoms with van der Waals surface area (Å²) in [5, 5.41) is 0. The number of aromatic nitrogens is 2. The van der Waals surface area contributed by atoms with Gasteiger partial charge in [0.2, 0.25) is 11.7 Å². The Bertz CT molecular complexity index is 787. The van der Waals surface area contributed by atoms with Crippen LogP contribution >= 0.6 is 11.3 Å². The van der Waals surface area contributed by atoms with Crippen molar-refractivity contribution in [2.45, 2.75) is 6.42 Å². The number of thiophene rings is 1. The second-order valence-electron chi connectivity index (χ2n) is 5.53. The first-order valence-electron chi connectivity index (χ1n) is 8.04. The van der Waals surface area contributed by atoms with Gasteiger partial charge in [-0.3, -0.25) is 14.6 Å². The lowest BCUT2D eigenvalue weighted by atomic mass is 10.2. The molecule has 8 nitrogen and oxygen atoms in total. The molecular weight excluding hydrogens is 358 g/mol. The van der Waals surface area contributed by atoms with E-state index in [-0.39, 0.29) is 30.4 Å². The van der Waals surface area contributed by atoms with E-state index >= 15 is 0 Å². The van der Waals surface area contributed by atoms with Gasteiger partial charge < -0.3 is 14.4 Å². The van der Waals surface area contributed by atoms with E-state index in [9.17, 15) is 14.4 Å². The number of hydrogen-bond donors (Lipinski definition) is 0. The normalized spacial score (nSPS) is 14.1. The number of esters is 1. The van der Waals surface area contributed by atoms with Crippen LogP contribution in [0.2, 0.25) is 0 Å². The van der Waals surface area contributed by atoms with Crippen LogP contribution in [0.25, 0.3) is 0 Å². The van der Waals surface area contributed by atoms with Crippen molar-refractivity contribution in [1.82, 2.24) is 14.9 Å².